The molecule has 4 heteroatoms. The van der Waals surface area contributed by atoms with E-state index in [4.69, 9.17) is 0 Å². The van der Waals surface area contributed by atoms with Gasteiger partial charge in [-0.15, -0.1) is 0 Å². The maximum Gasteiger partial charge on any atom is 0.164 e. The van der Waals surface area contributed by atoms with E-state index in [9.17, 15) is 0 Å². The Morgan fingerprint density at radius 2 is 1.94 bits per heavy atom. The number of H-pyrrole nitrogens is 1. The molecule has 0 radical (unpaired) electrons. The monoisotopic (exact) mass is 279 g/mol. The number of benzene rings is 1. The van der Waals surface area contributed by atoms with Crippen LogP contribution in [0.3, 0.4) is 0 Å². The van der Waals surface area contributed by atoms with Gasteiger partial charge in [0, 0.05) is 19.7 Å². The molecule has 1 aromatic carbocycles. The second-order valence-corrected chi connectivity index (χ2v) is 4.74. The van der Waals surface area contributed by atoms with Crippen molar-refractivity contribution < 1.29 is 0 Å². The van der Waals surface area contributed by atoms with Crippen molar-refractivity contribution in [1.82, 2.24) is 10.2 Å². The molecule has 0 spiro atoms. The summed E-state index contributed by atoms with van der Waals surface area (Å²) in [5.41, 5.74) is 3.44. The van der Waals surface area contributed by atoms with Crippen LogP contribution in [0.2, 0.25) is 0 Å². The smallest absolute Gasteiger partial charge is 0.164 e. The molecule has 2 rings (SSSR count). The summed E-state index contributed by atoms with van der Waals surface area (Å²) in [6.45, 7) is 2.10. The van der Waals surface area contributed by atoms with Crippen molar-refractivity contribution in [3.8, 4) is 11.3 Å². The van der Waals surface area contributed by atoms with Crippen LogP contribution in [-0.2, 0) is 0 Å². The summed E-state index contributed by atoms with van der Waals surface area (Å²) in [6, 6.07) is 8.26. The number of aryl methyl sites for hydroxylation is 1. The Morgan fingerprint density at radius 3 is 2.50 bits per heavy atom. The van der Waals surface area contributed by atoms with E-state index in [0.717, 1.165) is 16.0 Å². The third-order valence-electron chi connectivity index (χ3n) is 2.53. The maximum atomic E-state index is 4.29. The molecule has 1 aromatic heterocycles. The minimum Gasteiger partial charge on any atom is -0.360 e. The summed E-state index contributed by atoms with van der Waals surface area (Å²) in [5, 5.41) is 7.36. The third-order valence-corrected chi connectivity index (χ3v) is 3.28. The van der Waals surface area contributed by atoms with Gasteiger partial charge in [0.1, 0.15) is 0 Å². The SMILES string of the molecule is Cc1ccccc1-c1[nH]nc(N(C)C)c1Br. The average Bonchev–Trinajstić information content (AvgIpc) is 2.61. The van der Waals surface area contributed by atoms with Crippen LogP contribution in [0.4, 0.5) is 5.82 Å². The number of rotatable bonds is 2. The van der Waals surface area contributed by atoms with Crippen LogP contribution in [0.15, 0.2) is 28.7 Å². The number of nitrogens with one attached hydrogen (secondary N) is 1. The van der Waals surface area contributed by atoms with Crippen LogP contribution in [-0.4, -0.2) is 24.3 Å². The fourth-order valence-electron chi connectivity index (χ4n) is 1.65. The summed E-state index contributed by atoms with van der Waals surface area (Å²) in [7, 11) is 3.95. The molecular formula is C12H14BrN3. The summed E-state index contributed by atoms with van der Waals surface area (Å²) in [6.07, 6.45) is 0. The molecule has 0 bridgehead atoms. The second-order valence-electron chi connectivity index (χ2n) is 3.95. The lowest BCUT2D eigenvalue weighted by molar-refractivity contribution is 1.01. The van der Waals surface area contributed by atoms with E-state index in [1.54, 1.807) is 0 Å². The zero-order valence-electron chi connectivity index (χ0n) is 9.58. The van der Waals surface area contributed by atoms with Crippen molar-refractivity contribution in [2.45, 2.75) is 6.92 Å². The van der Waals surface area contributed by atoms with Gasteiger partial charge in [-0.05, 0) is 28.4 Å². The summed E-state index contributed by atoms with van der Waals surface area (Å²) in [5.74, 6) is 0.915. The Labute approximate surface area is 104 Å². The molecule has 0 amide bonds. The first kappa shape index (κ1) is 11.2. The van der Waals surface area contributed by atoms with Crippen LogP contribution >= 0.6 is 15.9 Å². The molecule has 0 saturated carbocycles. The molecule has 1 N–H and O–H groups in total. The second kappa shape index (κ2) is 4.29. The standard InChI is InChI=1S/C12H14BrN3/c1-8-6-4-5-7-9(8)11-10(13)12(15-14-11)16(2)3/h4-7H,1-3H3,(H,14,15). The lowest BCUT2D eigenvalue weighted by Crippen LogP contribution is -2.09. The van der Waals surface area contributed by atoms with Gasteiger partial charge in [0.15, 0.2) is 5.82 Å². The summed E-state index contributed by atoms with van der Waals surface area (Å²) in [4.78, 5) is 1.97. The highest BCUT2D eigenvalue weighted by atomic mass is 79.9. The lowest BCUT2D eigenvalue weighted by Gasteiger charge is -2.08. The zero-order chi connectivity index (χ0) is 11.7. The fourth-order valence-corrected chi connectivity index (χ4v) is 2.39. The van der Waals surface area contributed by atoms with E-state index in [1.807, 2.05) is 31.1 Å². The number of hydrogen-bond donors (Lipinski definition) is 1. The van der Waals surface area contributed by atoms with E-state index in [-0.39, 0.29) is 0 Å². The first-order valence-corrected chi connectivity index (χ1v) is 5.87. The first-order chi connectivity index (χ1) is 7.61. The predicted molar refractivity (Wildman–Crippen MR) is 70.8 cm³/mol. The van der Waals surface area contributed by atoms with Gasteiger partial charge in [0.05, 0.1) is 10.2 Å². The number of nitrogens with zero attached hydrogens (tertiary/aromatic N) is 2. The Kier molecular flexibility index (Phi) is 3.01. The van der Waals surface area contributed by atoms with Crippen LogP contribution in [0.1, 0.15) is 5.56 Å². The third kappa shape index (κ3) is 1.85. The van der Waals surface area contributed by atoms with Gasteiger partial charge in [-0.2, -0.15) is 5.10 Å². The highest BCUT2D eigenvalue weighted by molar-refractivity contribution is 9.10. The minimum atomic E-state index is 0.915. The molecule has 3 nitrogen and oxygen atoms in total. The normalized spacial score (nSPS) is 10.5. The fraction of sp³-hybridized carbons (Fsp3) is 0.250. The molecule has 0 fully saturated rings. The molecule has 0 aliphatic heterocycles. The van der Waals surface area contributed by atoms with Gasteiger partial charge in [0.2, 0.25) is 0 Å². The van der Waals surface area contributed by atoms with Crippen molar-refractivity contribution in [2.75, 3.05) is 19.0 Å². The number of aromatic nitrogens is 2. The summed E-state index contributed by atoms with van der Waals surface area (Å²) < 4.78 is 1.01. The largest absolute Gasteiger partial charge is 0.360 e. The summed E-state index contributed by atoms with van der Waals surface area (Å²) >= 11 is 3.59. The molecule has 0 saturated heterocycles. The molecule has 1 heterocycles. The van der Waals surface area contributed by atoms with Crippen LogP contribution in [0.25, 0.3) is 11.3 Å². The Balaban J connectivity index is 2.54. The molecule has 0 atom stereocenters. The van der Waals surface area contributed by atoms with E-state index < -0.39 is 0 Å². The van der Waals surface area contributed by atoms with E-state index in [2.05, 4.69) is 45.2 Å². The van der Waals surface area contributed by atoms with Crippen LogP contribution in [0.5, 0.6) is 0 Å². The highest BCUT2D eigenvalue weighted by Gasteiger charge is 2.14. The number of aromatic amines is 1. The molecular weight excluding hydrogens is 266 g/mol. The van der Waals surface area contributed by atoms with Crippen LogP contribution < -0.4 is 4.90 Å². The van der Waals surface area contributed by atoms with Gasteiger partial charge < -0.3 is 4.90 Å². The van der Waals surface area contributed by atoms with Gasteiger partial charge >= 0.3 is 0 Å². The Morgan fingerprint density at radius 1 is 1.25 bits per heavy atom. The molecule has 0 unspecified atom stereocenters. The van der Waals surface area contributed by atoms with Gasteiger partial charge in [-0.3, -0.25) is 5.10 Å². The van der Waals surface area contributed by atoms with E-state index in [0.29, 0.717) is 0 Å². The lowest BCUT2D eigenvalue weighted by atomic mass is 10.1. The van der Waals surface area contributed by atoms with Gasteiger partial charge in [-0.25, -0.2) is 0 Å². The van der Waals surface area contributed by atoms with Crippen LogP contribution in [0, 0.1) is 6.92 Å². The van der Waals surface area contributed by atoms with Crippen molar-refractivity contribution >= 4 is 21.7 Å². The average molecular weight is 280 g/mol. The molecule has 0 aliphatic carbocycles. The predicted octanol–water partition coefficient (Wildman–Crippen LogP) is 3.21. The number of halogens is 1. The molecule has 2 aromatic rings. The highest BCUT2D eigenvalue weighted by Crippen LogP contribution is 2.34. The molecule has 84 valence electrons. The first-order valence-electron chi connectivity index (χ1n) is 5.08. The van der Waals surface area contributed by atoms with Crippen molar-refractivity contribution in [3.05, 3.63) is 34.3 Å². The van der Waals surface area contributed by atoms with Gasteiger partial charge in [-0.1, -0.05) is 24.3 Å². The van der Waals surface area contributed by atoms with E-state index >= 15 is 0 Å². The maximum absolute atomic E-state index is 4.29. The van der Waals surface area contributed by atoms with Crippen molar-refractivity contribution in [1.29, 1.82) is 0 Å². The Bertz CT molecular complexity index is 503. The van der Waals surface area contributed by atoms with Gasteiger partial charge in [0.25, 0.3) is 0 Å². The number of hydrogen-bond acceptors (Lipinski definition) is 2. The zero-order valence-corrected chi connectivity index (χ0v) is 11.2. The molecule has 16 heavy (non-hydrogen) atoms. The molecule has 0 aliphatic rings. The Hall–Kier alpha value is -1.29. The van der Waals surface area contributed by atoms with E-state index in [1.165, 1.54) is 11.1 Å². The topological polar surface area (TPSA) is 31.9 Å². The van der Waals surface area contributed by atoms with Crippen molar-refractivity contribution in [3.63, 3.8) is 0 Å². The quantitative estimate of drug-likeness (QED) is 0.916. The van der Waals surface area contributed by atoms with Crippen molar-refractivity contribution in [2.24, 2.45) is 0 Å². The number of anilines is 1. The minimum absolute atomic E-state index is 0.915.